The first kappa shape index (κ1) is 13.8. The zero-order chi connectivity index (χ0) is 16.1. The molecule has 0 saturated carbocycles. The third kappa shape index (κ3) is 1.79. The van der Waals surface area contributed by atoms with Gasteiger partial charge < -0.3 is 15.2 Å². The molecule has 0 unspecified atom stereocenters. The Hall–Kier alpha value is -2.83. The van der Waals surface area contributed by atoms with Crippen LogP contribution in [-0.2, 0) is 13.2 Å². The standard InChI is InChI=1S/C17H12N2O4/c20-6-8-4-11-12(5-9(8)7-21)17(23)19-14-10-2-1-3-18-15(10)16(22)13(11)14/h1-5,20-21H,6-7H2,(H,19,23). The highest BCUT2D eigenvalue weighted by molar-refractivity contribution is 6.25. The number of aliphatic hydroxyl groups is 2. The number of aromatic amines is 1. The number of nitrogens with zero attached hydrogens (tertiary/aromatic N) is 1. The van der Waals surface area contributed by atoms with E-state index in [1.165, 1.54) is 12.3 Å². The minimum Gasteiger partial charge on any atom is -0.392 e. The van der Waals surface area contributed by atoms with Gasteiger partial charge in [-0.15, -0.1) is 0 Å². The minimum atomic E-state index is -0.345. The number of aromatic nitrogens is 2. The van der Waals surface area contributed by atoms with Gasteiger partial charge in [-0.25, -0.2) is 0 Å². The van der Waals surface area contributed by atoms with Crippen LogP contribution in [0.4, 0.5) is 0 Å². The molecule has 0 fully saturated rings. The molecule has 4 rings (SSSR count). The van der Waals surface area contributed by atoms with Gasteiger partial charge in [-0.2, -0.15) is 0 Å². The van der Waals surface area contributed by atoms with Crippen LogP contribution in [0.1, 0.15) is 27.2 Å². The summed E-state index contributed by atoms with van der Waals surface area (Å²) in [6.45, 7) is -0.578. The van der Waals surface area contributed by atoms with Crippen LogP contribution in [0, 0.1) is 0 Å². The van der Waals surface area contributed by atoms with E-state index < -0.39 is 0 Å². The summed E-state index contributed by atoms with van der Waals surface area (Å²) in [4.78, 5) is 31.9. The summed E-state index contributed by atoms with van der Waals surface area (Å²) in [5, 5.41) is 19.6. The number of ketones is 1. The van der Waals surface area contributed by atoms with E-state index in [2.05, 4.69) is 9.97 Å². The van der Waals surface area contributed by atoms with Crippen LogP contribution in [0.15, 0.2) is 35.3 Å². The van der Waals surface area contributed by atoms with E-state index in [1.54, 1.807) is 18.2 Å². The highest BCUT2D eigenvalue weighted by Gasteiger charge is 2.31. The van der Waals surface area contributed by atoms with Crippen molar-refractivity contribution in [2.75, 3.05) is 0 Å². The van der Waals surface area contributed by atoms with Crippen molar-refractivity contribution in [3.63, 3.8) is 0 Å². The highest BCUT2D eigenvalue weighted by Crippen LogP contribution is 2.37. The van der Waals surface area contributed by atoms with E-state index >= 15 is 0 Å². The zero-order valence-electron chi connectivity index (χ0n) is 12.0. The van der Waals surface area contributed by atoms with Crippen molar-refractivity contribution in [2.45, 2.75) is 13.2 Å². The number of benzene rings is 1. The Kier molecular flexibility index (Phi) is 2.90. The summed E-state index contributed by atoms with van der Waals surface area (Å²) in [5.74, 6) is -0.252. The Morgan fingerprint density at radius 1 is 1.04 bits per heavy atom. The van der Waals surface area contributed by atoms with Crippen LogP contribution in [0.25, 0.3) is 22.0 Å². The number of carbonyl (C=O) groups excluding carboxylic acids is 1. The molecular formula is C17H12N2O4. The van der Waals surface area contributed by atoms with E-state index in [4.69, 9.17) is 0 Å². The third-order valence-electron chi connectivity index (χ3n) is 4.20. The molecule has 0 bridgehead atoms. The Bertz CT molecular complexity index is 1040. The molecule has 6 nitrogen and oxygen atoms in total. The fourth-order valence-corrected chi connectivity index (χ4v) is 3.10. The summed E-state index contributed by atoms with van der Waals surface area (Å²) in [7, 11) is 0. The molecule has 3 N–H and O–H groups in total. The predicted molar refractivity (Wildman–Crippen MR) is 83.1 cm³/mol. The van der Waals surface area contributed by atoms with Gasteiger partial charge in [0.1, 0.15) is 5.69 Å². The number of hydrogen-bond donors (Lipinski definition) is 3. The van der Waals surface area contributed by atoms with Crippen molar-refractivity contribution in [3.05, 3.63) is 63.2 Å². The van der Waals surface area contributed by atoms with Crippen LogP contribution in [0.2, 0.25) is 0 Å². The first-order valence-electron chi connectivity index (χ1n) is 7.09. The Morgan fingerprint density at radius 3 is 2.43 bits per heavy atom. The lowest BCUT2D eigenvalue weighted by atomic mass is 9.98. The topological polar surface area (TPSA) is 103 Å². The van der Waals surface area contributed by atoms with E-state index in [-0.39, 0.29) is 24.6 Å². The number of nitrogens with one attached hydrogen (secondary N) is 1. The molecule has 23 heavy (non-hydrogen) atoms. The van der Waals surface area contributed by atoms with Gasteiger partial charge >= 0.3 is 0 Å². The minimum absolute atomic E-state index is 0.252. The summed E-state index contributed by atoms with van der Waals surface area (Å²) < 4.78 is 0. The molecule has 0 radical (unpaired) electrons. The first-order chi connectivity index (χ1) is 11.2. The van der Waals surface area contributed by atoms with Gasteiger partial charge in [0, 0.05) is 22.5 Å². The van der Waals surface area contributed by atoms with Gasteiger partial charge in [0.05, 0.1) is 24.5 Å². The van der Waals surface area contributed by atoms with Crippen molar-refractivity contribution in [2.24, 2.45) is 0 Å². The lowest BCUT2D eigenvalue weighted by Gasteiger charge is -2.10. The van der Waals surface area contributed by atoms with E-state index in [1.807, 2.05) is 0 Å². The van der Waals surface area contributed by atoms with Crippen molar-refractivity contribution in [1.82, 2.24) is 9.97 Å². The van der Waals surface area contributed by atoms with Crippen molar-refractivity contribution in [3.8, 4) is 11.3 Å². The lowest BCUT2D eigenvalue weighted by molar-refractivity contribution is 0.104. The van der Waals surface area contributed by atoms with Gasteiger partial charge in [-0.1, -0.05) is 0 Å². The van der Waals surface area contributed by atoms with Crippen LogP contribution in [0.3, 0.4) is 0 Å². The SMILES string of the molecule is O=C1c2ncccc2-c2[nH]c(=O)c3cc(CO)c(CO)cc3c21. The third-order valence-corrected chi connectivity index (χ3v) is 4.20. The molecule has 0 atom stereocenters. The Morgan fingerprint density at radius 2 is 1.74 bits per heavy atom. The number of carbonyl (C=O) groups is 1. The first-order valence-corrected chi connectivity index (χ1v) is 7.09. The molecule has 3 aromatic rings. The van der Waals surface area contributed by atoms with Crippen molar-refractivity contribution in [1.29, 1.82) is 0 Å². The van der Waals surface area contributed by atoms with Gasteiger partial charge in [-0.05, 0) is 35.4 Å². The van der Waals surface area contributed by atoms with Crippen LogP contribution >= 0.6 is 0 Å². The van der Waals surface area contributed by atoms with Crippen molar-refractivity contribution >= 4 is 16.6 Å². The molecule has 0 aliphatic heterocycles. The van der Waals surface area contributed by atoms with Gasteiger partial charge in [-0.3, -0.25) is 14.6 Å². The number of rotatable bonds is 2. The number of fused-ring (bicyclic) bond motifs is 5. The second kappa shape index (κ2) is 4.84. The predicted octanol–water partition coefficient (Wildman–Crippen LogP) is 1.12. The monoisotopic (exact) mass is 308 g/mol. The second-order valence-electron chi connectivity index (χ2n) is 5.42. The van der Waals surface area contributed by atoms with E-state index in [0.29, 0.717) is 44.4 Å². The molecule has 114 valence electrons. The van der Waals surface area contributed by atoms with Crippen LogP contribution < -0.4 is 5.56 Å². The highest BCUT2D eigenvalue weighted by atomic mass is 16.3. The van der Waals surface area contributed by atoms with E-state index in [9.17, 15) is 19.8 Å². The molecule has 1 aromatic carbocycles. The molecule has 0 amide bonds. The fourth-order valence-electron chi connectivity index (χ4n) is 3.10. The molecule has 1 aliphatic rings. The normalized spacial score (nSPS) is 12.5. The molecule has 1 aliphatic carbocycles. The number of pyridine rings is 2. The van der Waals surface area contributed by atoms with Crippen LogP contribution in [0.5, 0.6) is 0 Å². The van der Waals surface area contributed by atoms with Crippen LogP contribution in [-0.4, -0.2) is 26.0 Å². The summed E-state index contributed by atoms with van der Waals surface area (Å²) >= 11 is 0. The molecule has 0 spiro atoms. The average molecular weight is 308 g/mol. The molecule has 2 aromatic heterocycles. The molecule has 6 heteroatoms. The Labute approximate surface area is 130 Å². The maximum absolute atomic E-state index is 12.7. The van der Waals surface area contributed by atoms with E-state index in [0.717, 1.165) is 0 Å². The second-order valence-corrected chi connectivity index (χ2v) is 5.42. The number of aliphatic hydroxyl groups excluding tert-OH is 2. The van der Waals surface area contributed by atoms with Gasteiger partial charge in [0.2, 0.25) is 5.78 Å². The number of H-pyrrole nitrogens is 1. The fraction of sp³-hybridized carbons (Fsp3) is 0.118. The Balaban J connectivity index is 2.16. The summed E-state index contributed by atoms with van der Waals surface area (Å²) in [6.07, 6.45) is 1.53. The van der Waals surface area contributed by atoms with Gasteiger partial charge in [0.25, 0.3) is 5.56 Å². The maximum Gasteiger partial charge on any atom is 0.256 e. The average Bonchev–Trinajstić information content (AvgIpc) is 2.87. The lowest BCUT2D eigenvalue weighted by Crippen LogP contribution is -2.11. The summed E-state index contributed by atoms with van der Waals surface area (Å²) in [6, 6.07) is 6.56. The molecular weight excluding hydrogens is 296 g/mol. The molecule has 2 heterocycles. The number of hydrogen-bond acceptors (Lipinski definition) is 5. The largest absolute Gasteiger partial charge is 0.392 e. The molecule has 0 saturated heterocycles. The smallest absolute Gasteiger partial charge is 0.256 e. The summed E-state index contributed by atoms with van der Waals surface area (Å²) in [5.41, 5.74) is 2.35. The maximum atomic E-state index is 12.7. The van der Waals surface area contributed by atoms with Gasteiger partial charge in [0.15, 0.2) is 0 Å². The quantitative estimate of drug-likeness (QED) is 0.515. The van der Waals surface area contributed by atoms with Crippen molar-refractivity contribution < 1.29 is 15.0 Å². The zero-order valence-corrected chi connectivity index (χ0v) is 12.0.